The van der Waals surface area contributed by atoms with Crippen LogP contribution < -0.4 is 10.1 Å². The highest BCUT2D eigenvalue weighted by molar-refractivity contribution is 6.03. The van der Waals surface area contributed by atoms with Crippen LogP contribution in [0.15, 0.2) is 42.5 Å². The van der Waals surface area contributed by atoms with Crippen LogP contribution >= 0.6 is 0 Å². The number of benzene rings is 2. The summed E-state index contributed by atoms with van der Waals surface area (Å²) in [6.07, 6.45) is 0.394. The maximum absolute atomic E-state index is 12.2. The van der Waals surface area contributed by atoms with Crippen LogP contribution in [-0.4, -0.2) is 18.0 Å². The second kappa shape index (κ2) is 4.89. The molecule has 4 nitrogen and oxygen atoms in total. The van der Waals surface area contributed by atoms with Crippen molar-refractivity contribution in [2.75, 3.05) is 12.4 Å². The number of aromatic hydroxyl groups is 1. The number of nitrogens with one attached hydrogen (secondary N) is 1. The molecule has 4 heteroatoms. The molecule has 1 aliphatic heterocycles. The van der Waals surface area contributed by atoms with E-state index in [1.807, 2.05) is 24.3 Å². The molecule has 102 valence electrons. The Bertz CT molecular complexity index is 667. The van der Waals surface area contributed by atoms with Crippen molar-refractivity contribution in [3.63, 3.8) is 0 Å². The van der Waals surface area contributed by atoms with Crippen molar-refractivity contribution in [3.8, 4) is 11.5 Å². The van der Waals surface area contributed by atoms with Gasteiger partial charge in [-0.25, -0.2) is 0 Å². The average molecular weight is 269 g/mol. The van der Waals surface area contributed by atoms with Crippen molar-refractivity contribution >= 4 is 11.5 Å². The van der Waals surface area contributed by atoms with Crippen molar-refractivity contribution in [1.29, 1.82) is 0 Å². The molecule has 1 aliphatic rings. The molecule has 0 saturated carbocycles. The molecule has 0 amide bonds. The van der Waals surface area contributed by atoms with E-state index in [-0.39, 0.29) is 17.6 Å². The summed E-state index contributed by atoms with van der Waals surface area (Å²) in [6, 6.07) is 12.5. The largest absolute Gasteiger partial charge is 0.504 e. The molecule has 2 aromatic carbocycles. The first kappa shape index (κ1) is 12.5. The summed E-state index contributed by atoms with van der Waals surface area (Å²) in [6.45, 7) is 0. The van der Waals surface area contributed by atoms with Crippen molar-refractivity contribution in [3.05, 3.63) is 53.6 Å². The standard InChI is InChI=1S/C16H15NO3/c1-20-16-8-10(6-7-14(16)18)13-9-15(19)11-4-2-3-5-12(11)17-13/h2-8,13,17-18H,9H2,1H3/t13-/m0/s1. The second-order valence-corrected chi connectivity index (χ2v) is 4.80. The molecule has 2 N–H and O–H groups in total. The third-order valence-electron chi connectivity index (χ3n) is 3.55. The molecule has 3 rings (SSSR count). The Labute approximate surface area is 117 Å². The third-order valence-corrected chi connectivity index (χ3v) is 3.55. The van der Waals surface area contributed by atoms with Gasteiger partial charge in [0.25, 0.3) is 0 Å². The summed E-state index contributed by atoms with van der Waals surface area (Å²) in [5.74, 6) is 0.630. The fraction of sp³-hybridized carbons (Fsp3) is 0.188. The van der Waals surface area contributed by atoms with Crippen molar-refractivity contribution in [2.45, 2.75) is 12.5 Å². The molecule has 0 spiro atoms. The number of hydrogen-bond acceptors (Lipinski definition) is 4. The van der Waals surface area contributed by atoms with Gasteiger partial charge in [-0.15, -0.1) is 0 Å². The van der Waals surface area contributed by atoms with E-state index in [0.29, 0.717) is 12.2 Å². The second-order valence-electron chi connectivity index (χ2n) is 4.80. The Morgan fingerprint density at radius 1 is 1.25 bits per heavy atom. The molecule has 0 radical (unpaired) electrons. The van der Waals surface area contributed by atoms with Crippen LogP contribution in [0.4, 0.5) is 5.69 Å². The number of anilines is 1. The summed E-state index contributed by atoms with van der Waals surface area (Å²) >= 11 is 0. The number of phenols is 1. The van der Waals surface area contributed by atoms with E-state index >= 15 is 0 Å². The number of ketones is 1. The Kier molecular flexibility index (Phi) is 3.06. The van der Waals surface area contributed by atoms with Crippen LogP contribution in [0, 0.1) is 0 Å². The maximum atomic E-state index is 12.2. The SMILES string of the molecule is COc1cc([C@@H]2CC(=O)c3ccccc3N2)ccc1O. The normalized spacial score (nSPS) is 17.2. The molecule has 0 saturated heterocycles. The number of phenolic OH excluding ortho intramolecular Hbond substituents is 1. The van der Waals surface area contributed by atoms with Gasteiger partial charge in [0.2, 0.25) is 0 Å². The predicted octanol–water partition coefficient (Wildman–Crippen LogP) is 3.14. The van der Waals surface area contributed by atoms with Crippen LogP contribution in [0.25, 0.3) is 0 Å². The van der Waals surface area contributed by atoms with E-state index in [0.717, 1.165) is 16.8 Å². The van der Waals surface area contributed by atoms with Gasteiger partial charge in [0.1, 0.15) is 0 Å². The van der Waals surface area contributed by atoms with Crippen LogP contribution in [0.1, 0.15) is 28.4 Å². The zero-order valence-electron chi connectivity index (χ0n) is 11.1. The molecule has 0 unspecified atom stereocenters. The number of rotatable bonds is 2. The number of para-hydroxylation sites is 1. The highest BCUT2D eigenvalue weighted by Crippen LogP contribution is 2.35. The van der Waals surface area contributed by atoms with E-state index in [4.69, 9.17) is 4.74 Å². The smallest absolute Gasteiger partial charge is 0.167 e. The van der Waals surface area contributed by atoms with E-state index < -0.39 is 0 Å². The molecule has 1 heterocycles. The van der Waals surface area contributed by atoms with Crippen molar-refractivity contribution in [1.82, 2.24) is 0 Å². The maximum Gasteiger partial charge on any atom is 0.167 e. The zero-order chi connectivity index (χ0) is 14.1. The van der Waals surface area contributed by atoms with Gasteiger partial charge < -0.3 is 15.2 Å². The molecule has 20 heavy (non-hydrogen) atoms. The number of Topliss-reactive ketones (excluding diaryl/α,β-unsaturated/α-hetero) is 1. The van der Waals surface area contributed by atoms with Gasteiger partial charge in [0.15, 0.2) is 17.3 Å². The first-order valence-electron chi connectivity index (χ1n) is 6.44. The first-order chi connectivity index (χ1) is 9.69. The number of carbonyl (C=O) groups excluding carboxylic acids is 1. The predicted molar refractivity (Wildman–Crippen MR) is 76.4 cm³/mol. The lowest BCUT2D eigenvalue weighted by Crippen LogP contribution is -2.22. The molecular formula is C16H15NO3. The molecule has 0 aliphatic carbocycles. The third kappa shape index (κ3) is 2.09. The van der Waals surface area contributed by atoms with Crippen LogP contribution in [0.2, 0.25) is 0 Å². The quantitative estimate of drug-likeness (QED) is 0.879. The summed E-state index contributed by atoms with van der Waals surface area (Å²) in [5.41, 5.74) is 2.50. The highest BCUT2D eigenvalue weighted by Gasteiger charge is 2.25. The summed E-state index contributed by atoms with van der Waals surface area (Å²) in [4.78, 5) is 12.2. The Balaban J connectivity index is 1.95. The van der Waals surface area contributed by atoms with E-state index in [1.165, 1.54) is 7.11 Å². The molecule has 0 fully saturated rings. The lowest BCUT2D eigenvalue weighted by molar-refractivity contribution is 0.0972. The average Bonchev–Trinajstić information content (AvgIpc) is 2.47. The van der Waals surface area contributed by atoms with Crippen molar-refractivity contribution in [2.24, 2.45) is 0 Å². The minimum absolute atomic E-state index is 0.0961. The minimum Gasteiger partial charge on any atom is -0.504 e. The minimum atomic E-state index is -0.105. The lowest BCUT2D eigenvalue weighted by Gasteiger charge is -2.26. The Hall–Kier alpha value is -2.49. The Morgan fingerprint density at radius 2 is 2.05 bits per heavy atom. The molecule has 0 aromatic heterocycles. The fourth-order valence-electron chi connectivity index (χ4n) is 2.50. The fourth-order valence-corrected chi connectivity index (χ4v) is 2.50. The van der Waals surface area contributed by atoms with Crippen molar-refractivity contribution < 1.29 is 14.6 Å². The number of ether oxygens (including phenoxy) is 1. The van der Waals surface area contributed by atoms with Gasteiger partial charge in [0, 0.05) is 17.7 Å². The zero-order valence-corrected chi connectivity index (χ0v) is 11.1. The van der Waals surface area contributed by atoms with E-state index in [2.05, 4.69) is 5.32 Å². The summed E-state index contributed by atoms with van der Waals surface area (Å²) in [5, 5.41) is 13.0. The number of methoxy groups -OCH3 is 1. The highest BCUT2D eigenvalue weighted by atomic mass is 16.5. The molecule has 1 atom stereocenters. The number of carbonyl (C=O) groups is 1. The van der Waals surface area contributed by atoms with Crippen LogP contribution in [0.3, 0.4) is 0 Å². The molecule has 2 aromatic rings. The molecule has 0 bridgehead atoms. The van der Waals surface area contributed by atoms with E-state index in [9.17, 15) is 9.90 Å². The van der Waals surface area contributed by atoms with Crippen LogP contribution in [0.5, 0.6) is 11.5 Å². The van der Waals surface area contributed by atoms with Gasteiger partial charge >= 0.3 is 0 Å². The first-order valence-corrected chi connectivity index (χ1v) is 6.44. The van der Waals surface area contributed by atoms with Gasteiger partial charge in [-0.3, -0.25) is 4.79 Å². The number of fused-ring (bicyclic) bond motifs is 1. The summed E-state index contributed by atoms with van der Waals surface area (Å²) in [7, 11) is 1.51. The molecular weight excluding hydrogens is 254 g/mol. The number of hydrogen-bond donors (Lipinski definition) is 2. The topological polar surface area (TPSA) is 58.6 Å². The Morgan fingerprint density at radius 3 is 2.85 bits per heavy atom. The lowest BCUT2D eigenvalue weighted by atomic mass is 9.92. The van der Waals surface area contributed by atoms with Gasteiger partial charge in [-0.05, 0) is 29.8 Å². The van der Waals surface area contributed by atoms with E-state index in [1.54, 1.807) is 18.2 Å². The van der Waals surface area contributed by atoms with Gasteiger partial charge in [0.05, 0.1) is 13.2 Å². The summed E-state index contributed by atoms with van der Waals surface area (Å²) < 4.78 is 5.11. The monoisotopic (exact) mass is 269 g/mol. The van der Waals surface area contributed by atoms with Gasteiger partial charge in [-0.2, -0.15) is 0 Å². The van der Waals surface area contributed by atoms with Crippen LogP contribution in [-0.2, 0) is 0 Å². The van der Waals surface area contributed by atoms with Gasteiger partial charge in [-0.1, -0.05) is 18.2 Å².